The van der Waals surface area contributed by atoms with Gasteiger partial charge >= 0.3 is 0 Å². The highest BCUT2D eigenvalue weighted by Gasteiger charge is 2.29. The van der Waals surface area contributed by atoms with Crippen LogP contribution >= 0.6 is 23.2 Å². The van der Waals surface area contributed by atoms with Gasteiger partial charge < -0.3 is 9.80 Å². The van der Waals surface area contributed by atoms with Gasteiger partial charge in [0.15, 0.2) is 0 Å². The zero-order valence-electron chi connectivity index (χ0n) is 13.8. The molecule has 1 aliphatic rings. The van der Waals surface area contributed by atoms with Gasteiger partial charge in [-0.25, -0.2) is 9.97 Å². The Balaban J connectivity index is 2.09. The van der Waals surface area contributed by atoms with Gasteiger partial charge in [0, 0.05) is 30.2 Å². The molecule has 0 bridgehead atoms. The van der Waals surface area contributed by atoms with E-state index in [9.17, 15) is 0 Å². The lowest BCUT2D eigenvalue weighted by molar-refractivity contribution is 0.734. The van der Waals surface area contributed by atoms with Gasteiger partial charge in [-0.05, 0) is 45.4 Å². The number of hydrogen-bond acceptors (Lipinski definition) is 4. The minimum absolute atomic E-state index is 0.376. The molecule has 0 atom stereocenters. The first-order valence-corrected chi connectivity index (χ1v) is 8.47. The van der Waals surface area contributed by atoms with Gasteiger partial charge in [-0.2, -0.15) is 0 Å². The summed E-state index contributed by atoms with van der Waals surface area (Å²) in [6.07, 6.45) is 0.904. The van der Waals surface area contributed by atoms with E-state index in [1.807, 2.05) is 19.1 Å². The molecule has 2 heterocycles. The maximum Gasteiger partial charge on any atom is 0.142 e. The van der Waals surface area contributed by atoms with E-state index in [1.54, 1.807) is 6.07 Å². The normalized spacial score (nSPS) is 13.6. The van der Waals surface area contributed by atoms with E-state index in [-0.39, 0.29) is 0 Å². The molecule has 6 heteroatoms. The van der Waals surface area contributed by atoms with Gasteiger partial charge in [0.05, 0.1) is 10.7 Å². The number of nitrogens with zero attached hydrogens (tertiary/aromatic N) is 4. The van der Waals surface area contributed by atoms with Gasteiger partial charge in [0.25, 0.3) is 0 Å². The van der Waals surface area contributed by atoms with Crippen LogP contribution < -0.4 is 9.80 Å². The average Bonchev–Trinajstić information content (AvgIpc) is 2.89. The van der Waals surface area contributed by atoms with Crippen LogP contribution in [-0.4, -0.2) is 29.6 Å². The number of rotatable bonds is 3. The van der Waals surface area contributed by atoms with Crippen molar-refractivity contribution in [2.24, 2.45) is 0 Å². The first-order valence-electron chi connectivity index (χ1n) is 7.71. The Labute approximate surface area is 147 Å². The molecule has 4 nitrogen and oxygen atoms in total. The van der Waals surface area contributed by atoms with Crippen LogP contribution in [0, 0.1) is 6.92 Å². The molecule has 1 aromatic carbocycles. The van der Waals surface area contributed by atoms with E-state index < -0.39 is 0 Å². The molecule has 0 N–H and O–H groups in total. The maximum atomic E-state index is 6.39. The predicted octanol–water partition coefficient (Wildman–Crippen LogP) is 4.63. The van der Waals surface area contributed by atoms with E-state index in [0.29, 0.717) is 16.1 Å². The van der Waals surface area contributed by atoms with Crippen molar-refractivity contribution in [2.45, 2.75) is 33.2 Å². The highest BCUT2D eigenvalue weighted by atomic mass is 35.5. The lowest BCUT2D eigenvalue weighted by Crippen LogP contribution is -2.28. The summed E-state index contributed by atoms with van der Waals surface area (Å²) in [7, 11) is 2.07. The lowest BCUT2D eigenvalue weighted by atomic mass is 10.2. The number of aromatic nitrogens is 2. The molecule has 2 aromatic rings. The number of hydrogen-bond donors (Lipinski definition) is 0. The topological polar surface area (TPSA) is 32.3 Å². The van der Waals surface area contributed by atoms with E-state index in [0.717, 1.165) is 36.1 Å². The Hall–Kier alpha value is -1.52. The maximum absolute atomic E-state index is 6.39. The minimum Gasteiger partial charge on any atom is -0.357 e. The third-order valence-corrected chi connectivity index (χ3v) is 4.76. The second kappa shape index (κ2) is 6.17. The van der Waals surface area contributed by atoms with Crippen molar-refractivity contribution in [3.63, 3.8) is 0 Å². The molecule has 3 rings (SSSR count). The Bertz CT molecular complexity index is 746. The molecular formula is C17H20Cl2N4. The largest absolute Gasteiger partial charge is 0.357 e. The van der Waals surface area contributed by atoms with Crippen LogP contribution in [0.15, 0.2) is 18.2 Å². The molecule has 0 aliphatic carbocycles. The van der Waals surface area contributed by atoms with Gasteiger partial charge in [-0.1, -0.05) is 23.2 Å². The summed E-state index contributed by atoms with van der Waals surface area (Å²) >= 11 is 12.4. The summed E-state index contributed by atoms with van der Waals surface area (Å²) in [6, 6.07) is 5.95. The van der Waals surface area contributed by atoms with E-state index in [2.05, 4.69) is 40.7 Å². The van der Waals surface area contributed by atoms with Crippen LogP contribution in [0.1, 0.15) is 25.2 Å². The summed E-state index contributed by atoms with van der Waals surface area (Å²) in [6.45, 7) is 7.09. The molecule has 23 heavy (non-hydrogen) atoms. The van der Waals surface area contributed by atoms with Gasteiger partial charge in [0.2, 0.25) is 0 Å². The molecule has 122 valence electrons. The Kier molecular flexibility index (Phi) is 4.39. The van der Waals surface area contributed by atoms with Crippen molar-refractivity contribution in [3.05, 3.63) is 39.6 Å². The standard InChI is InChI=1S/C17H20Cl2N4/c1-10(2)22(4)16-13-7-8-23(17(13)21-11(3)20-16)15-6-5-12(18)9-14(15)19/h5-6,9-10H,7-8H2,1-4H3. The van der Waals surface area contributed by atoms with Gasteiger partial charge in [0.1, 0.15) is 17.5 Å². The van der Waals surface area contributed by atoms with Crippen molar-refractivity contribution in [1.29, 1.82) is 0 Å². The summed E-state index contributed by atoms with van der Waals surface area (Å²) < 4.78 is 0. The van der Waals surface area contributed by atoms with Gasteiger partial charge in [-0.3, -0.25) is 0 Å². The van der Waals surface area contributed by atoms with Crippen molar-refractivity contribution in [3.8, 4) is 0 Å². The Morgan fingerprint density at radius 2 is 1.96 bits per heavy atom. The van der Waals surface area contributed by atoms with Crippen molar-refractivity contribution in [2.75, 3.05) is 23.4 Å². The first kappa shape index (κ1) is 16.3. The van der Waals surface area contributed by atoms with Crippen LogP contribution in [0.2, 0.25) is 10.0 Å². The molecule has 0 amide bonds. The van der Waals surface area contributed by atoms with Crippen molar-refractivity contribution < 1.29 is 0 Å². The lowest BCUT2D eigenvalue weighted by Gasteiger charge is -2.26. The van der Waals surface area contributed by atoms with E-state index >= 15 is 0 Å². The number of fused-ring (bicyclic) bond motifs is 1. The second-order valence-electron chi connectivity index (χ2n) is 6.10. The van der Waals surface area contributed by atoms with Crippen LogP contribution in [0.3, 0.4) is 0 Å². The SMILES string of the molecule is Cc1nc2c(c(N(C)C(C)C)n1)CCN2c1ccc(Cl)cc1Cl. The minimum atomic E-state index is 0.376. The molecule has 0 spiro atoms. The number of benzene rings is 1. The zero-order valence-corrected chi connectivity index (χ0v) is 15.3. The fraction of sp³-hybridized carbons (Fsp3) is 0.412. The fourth-order valence-corrected chi connectivity index (χ4v) is 3.32. The van der Waals surface area contributed by atoms with E-state index in [1.165, 1.54) is 5.56 Å². The number of anilines is 3. The Morgan fingerprint density at radius 3 is 2.61 bits per heavy atom. The highest BCUT2D eigenvalue weighted by molar-refractivity contribution is 6.36. The van der Waals surface area contributed by atoms with Crippen LogP contribution in [0.25, 0.3) is 0 Å². The predicted molar refractivity (Wildman–Crippen MR) is 97.5 cm³/mol. The Morgan fingerprint density at radius 1 is 1.22 bits per heavy atom. The number of aryl methyl sites for hydroxylation is 1. The molecule has 0 saturated heterocycles. The number of halogens is 2. The van der Waals surface area contributed by atoms with Crippen LogP contribution in [0.5, 0.6) is 0 Å². The zero-order chi connectivity index (χ0) is 16.7. The molecule has 0 fully saturated rings. The monoisotopic (exact) mass is 350 g/mol. The average molecular weight is 351 g/mol. The molecule has 0 radical (unpaired) electrons. The van der Waals surface area contributed by atoms with Crippen LogP contribution in [-0.2, 0) is 6.42 Å². The molecular weight excluding hydrogens is 331 g/mol. The molecule has 1 aliphatic heterocycles. The molecule has 0 unspecified atom stereocenters. The third-order valence-electron chi connectivity index (χ3n) is 4.23. The van der Waals surface area contributed by atoms with Crippen molar-refractivity contribution >= 4 is 40.5 Å². The third kappa shape index (κ3) is 2.98. The van der Waals surface area contributed by atoms with Gasteiger partial charge in [-0.15, -0.1) is 0 Å². The summed E-state index contributed by atoms with van der Waals surface area (Å²) in [5, 5.41) is 1.28. The quantitative estimate of drug-likeness (QED) is 0.807. The summed E-state index contributed by atoms with van der Waals surface area (Å²) in [5.41, 5.74) is 2.11. The second-order valence-corrected chi connectivity index (χ2v) is 6.94. The van der Waals surface area contributed by atoms with E-state index in [4.69, 9.17) is 23.2 Å². The molecule has 0 saturated carbocycles. The highest BCUT2D eigenvalue weighted by Crippen LogP contribution is 2.40. The summed E-state index contributed by atoms with van der Waals surface area (Å²) in [4.78, 5) is 13.7. The van der Waals surface area contributed by atoms with Crippen LogP contribution in [0.4, 0.5) is 17.3 Å². The first-order chi connectivity index (χ1) is 10.9. The fourth-order valence-electron chi connectivity index (χ4n) is 2.81. The smallest absolute Gasteiger partial charge is 0.142 e. The summed E-state index contributed by atoms with van der Waals surface area (Å²) in [5.74, 6) is 2.72. The molecule has 1 aromatic heterocycles. The van der Waals surface area contributed by atoms with Crippen molar-refractivity contribution in [1.82, 2.24) is 9.97 Å².